The highest BCUT2D eigenvalue weighted by atomic mass is 16.6. The maximum atomic E-state index is 13.1. The Kier molecular flexibility index (Phi) is 28.4. The molecule has 0 aromatic heterocycles. The highest BCUT2D eigenvalue weighted by molar-refractivity contribution is 5.94. The van der Waals surface area contributed by atoms with Gasteiger partial charge < -0.3 is 60.7 Å². The van der Waals surface area contributed by atoms with Gasteiger partial charge in [-0.1, -0.05) is 17.7 Å². The summed E-state index contributed by atoms with van der Waals surface area (Å²) in [5.74, 6) is -3.99. The van der Waals surface area contributed by atoms with Crippen molar-refractivity contribution in [1.82, 2.24) is 26.6 Å². The normalized spacial score (nSPS) is 12.8. The minimum Gasteiger partial charge on any atom is -0.458 e. The third kappa shape index (κ3) is 29.9. The summed E-state index contributed by atoms with van der Waals surface area (Å²) >= 11 is 0. The predicted molar refractivity (Wildman–Crippen MR) is 239 cm³/mol. The van der Waals surface area contributed by atoms with E-state index >= 15 is 0 Å². The van der Waals surface area contributed by atoms with E-state index in [0.717, 1.165) is 5.56 Å². The maximum absolute atomic E-state index is 13.1. The van der Waals surface area contributed by atoms with E-state index in [9.17, 15) is 38.4 Å². The van der Waals surface area contributed by atoms with Crippen molar-refractivity contribution in [2.24, 2.45) is 5.73 Å². The molecule has 1 aromatic carbocycles. The molecule has 368 valence electrons. The van der Waals surface area contributed by atoms with Gasteiger partial charge in [0, 0.05) is 38.0 Å². The van der Waals surface area contributed by atoms with Crippen molar-refractivity contribution in [2.45, 2.75) is 130 Å². The zero-order valence-corrected chi connectivity index (χ0v) is 39.6. The zero-order chi connectivity index (χ0) is 48.8. The monoisotopic (exact) mass is 923 g/mol. The lowest BCUT2D eigenvalue weighted by Crippen LogP contribution is -2.47. The van der Waals surface area contributed by atoms with Gasteiger partial charge in [-0.05, 0) is 99.6 Å². The first-order valence-corrected chi connectivity index (χ1v) is 22.1. The summed E-state index contributed by atoms with van der Waals surface area (Å²) in [4.78, 5) is 101. The number of carbonyl (C=O) groups is 8. The summed E-state index contributed by atoms with van der Waals surface area (Å²) < 4.78 is 32.2. The molecule has 0 radical (unpaired) electrons. The van der Waals surface area contributed by atoms with E-state index in [1.807, 2.05) is 19.1 Å². The first-order chi connectivity index (χ1) is 30.6. The van der Waals surface area contributed by atoms with Gasteiger partial charge in [-0.3, -0.25) is 28.8 Å². The van der Waals surface area contributed by atoms with Crippen LogP contribution in [0.2, 0.25) is 0 Å². The quantitative estimate of drug-likeness (QED) is 0.0429. The fourth-order valence-corrected chi connectivity index (χ4v) is 5.60. The summed E-state index contributed by atoms with van der Waals surface area (Å²) in [6, 6.07) is 4.18. The molecule has 5 amide bonds. The van der Waals surface area contributed by atoms with Crippen LogP contribution in [0.25, 0.3) is 0 Å². The number of benzene rings is 1. The Morgan fingerprint density at radius 1 is 0.554 bits per heavy atom. The number of ketones is 1. The number of nitrogens with two attached hydrogens (primary N) is 1. The van der Waals surface area contributed by atoms with Crippen molar-refractivity contribution in [3.63, 3.8) is 0 Å². The van der Waals surface area contributed by atoms with Crippen molar-refractivity contribution >= 4 is 47.3 Å². The van der Waals surface area contributed by atoms with Crippen LogP contribution in [0.15, 0.2) is 24.3 Å². The molecule has 20 nitrogen and oxygen atoms in total. The standard InChI is InChI=1S/C45H74N6O14/c1-31-12-14-33(15-13-31)41(57)48-21-10-9-11-34(32(2)52)49-39(55)29-63-28-26-61-24-22-47-37(53)18-16-35(42(58)64-44(3,4)5)50-38(54)19-17-36(43(59)65-45(6,7)8)51-40(56)30-62-27-25-60-23-20-46/h12-15,34-36H,9-11,16-30,46H2,1-8H3,(H,47,53)(H,48,57)(H,49,55)(H,50,54)(H,51,56). The largest absolute Gasteiger partial charge is 0.458 e. The van der Waals surface area contributed by atoms with E-state index in [0.29, 0.717) is 44.5 Å². The molecule has 0 saturated carbocycles. The molecule has 0 aliphatic carbocycles. The average Bonchev–Trinajstić information content (AvgIpc) is 3.21. The summed E-state index contributed by atoms with van der Waals surface area (Å²) in [7, 11) is 0. The highest BCUT2D eigenvalue weighted by Gasteiger charge is 2.30. The Bertz CT molecular complexity index is 1640. The van der Waals surface area contributed by atoms with Gasteiger partial charge in [-0.2, -0.15) is 0 Å². The second-order valence-corrected chi connectivity index (χ2v) is 17.2. The van der Waals surface area contributed by atoms with Gasteiger partial charge in [-0.25, -0.2) is 9.59 Å². The molecule has 65 heavy (non-hydrogen) atoms. The number of esters is 2. The number of nitrogens with one attached hydrogen (secondary N) is 5. The van der Waals surface area contributed by atoms with Crippen LogP contribution in [0.4, 0.5) is 0 Å². The maximum Gasteiger partial charge on any atom is 0.329 e. The molecule has 3 atom stereocenters. The predicted octanol–water partition coefficient (Wildman–Crippen LogP) is 1.32. The van der Waals surface area contributed by atoms with E-state index < -0.39 is 64.9 Å². The molecular weight excluding hydrogens is 849 g/mol. The third-order valence-electron chi connectivity index (χ3n) is 8.76. The first kappa shape index (κ1) is 58.0. The second-order valence-electron chi connectivity index (χ2n) is 17.2. The summed E-state index contributed by atoms with van der Waals surface area (Å²) in [6.07, 6.45) is 0.963. The fraction of sp³-hybridized carbons (Fsp3) is 0.689. The number of hydrogen-bond acceptors (Lipinski definition) is 15. The molecule has 0 fully saturated rings. The first-order valence-electron chi connectivity index (χ1n) is 22.1. The molecular formula is C45H74N6O14. The Morgan fingerprint density at radius 3 is 1.54 bits per heavy atom. The fourth-order valence-electron chi connectivity index (χ4n) is 5.60. The second kappa shape index (κ2) is 31.8. The van der Waals surface area contributed by atoms with Crippen molar-refractivity contribution in [3.8, 4) is 0 Å². The molecule has 0 saturated heterocycles. The average molecular weight is 923 g/mol. The van der Waals surface area contributed by atoms with Crippen LogP contribution in [-0.2, 0) is 62.0 Å². The summed E-state index contributed by atoms with van der Waals surface area (Å²) in [5, 5.41) is 13.3. The van der Waals surface area contributed by atoms with Crippen LogP contribution >= 0.6 is 0 Å². The number of aryl methyl sites for hydroxylation is 1. The number of hydrogen-bond donors (Lipinski definition) is 6. The SMILES string of the molecule is CC(=O)C(CCCCNC(=O)c1ccc(C)cc1)NC(=O)COCCOCCNC(=O)CCC(NC(=O)CCC(NC(=O)COCCOCCN)C(=O)OC(C)(C)C)C(=O)OC(C)(C)C. The number of Topliss-reactive ketones (excluding diaryl/α,β-unsaturated/α-hetero) is 1. The van der Waals surface area contributed by atoms with E-state index in [1.165, 1.54) is 6.92 Å². The van der Waals surface area contributed by atoms with Crippen molar-refractivity contribution < 1.29 is 66.8 Å². The molecule has 0 heterocycles. The Balaban J connectivity index is 2.48. The number of unbranched alkanes of at least 4 members (excludes halogenated alkanes) is 1. The molecule has 0 aliphatic rings. The topological polar surface area (TPSA) is 278 Å². The van der Waals surface area contributed by atoms with Gasteiger partial charge in [0.25, 0.3) is 5.91 Å². The van der Waals surface area contributed by atoms with Gasteiger partial charge in [0.2, 0.25) is 23.6 Å². The summed E-state index contributed by atoms with van der Waals surface area (Å²) in [5.41, 5.74) is 5.24. The molecule has 1 aromatic rings. The Labute approximate surface area is 383 Å². The molecule has 20 heteroatoms. The van der Waals surface area contributed by atoms with Gasteiger partial charge in [-0.15, -0.1) is 0 Å². The number of carbonyl (C=O) groups excluding carboxylic acids is 8. The minimum atomic E-state index is -1.20. The van der Waals surface area contributed by atoms with Crippen LogP contribution in [0.3, 0.4) is 0 Å². The van der Waals surface area contributed by atoms with Crippen LogP contribution in [0, 0.1) is 6.92 Å². The molecule has 1 rings (SSSR count). The van der Waals surface area contributed by atoms with Gasteiger partial charge >= 0.3 is 11.9 Å². The Hall–Kier alpha value is -5.02. The van der Waals surface area contributed by atoms with E-state index in [1.54, 1.807) is 53.7 Å². The minimum absolute atomic E-state index is 0.0785. The van der Waals surface area contributed by atoms with Gasteiger partial charge in [0.15, 0.2) is 5.78 Å². The number of rotatable bonds is 33. The van der Waals surface area contributed by atoms with Crippen LogP contribution in [0.5, 0.6) is 0 Å². The highest BCUT2D eigenvalue weighted by Crippen LogP contribution is 2.14. The van der Waals surface area contributed by atoms with Gasteiger partial charge in [0.1, 0.15) is 36.5 Å². The molecule has 0 aliphatic heterocycles. The van der Waals surface area contributed by atoms with E-state index in [4.69, 9.17) is 34.2 Å². The van der Waals surface area contributed by atoms with Crippen molar-refractivity contribution in [2.75, 3.05) is 72.5 Å². The number of amides is 5. The van der Waals surface area contributed by atoms with Crippen LogP contribution in [0.1, 0.15) is 109 Å². The Morgan fingerprint density at radius 2 is 1.03 bits per heavy atom. The smallest absolute Gasteiger partial charge is 0.329 e. The third-order valence-corrected chi connectivity index (χ3v) is 8.76. The molecule has 3 unspecified atom stereocenters. The number of ether oxygens (including phenoxy) is 6. The molecule has 0 bridgehead atoms. The lowest BCUT2D eigenvalue weighted by Gasteiger charge is -2.26. The van der Waals surface area contributed by atoms with Crippen LogP contribution < -0.4 is 32.3 Å². The lowest BCUT2D eigenvalue weighted by atomic mass is 10.1. The molecule has 0 spiro atoms. The van der Waals surface area contributed by atoms with Crippen molar-refractivity contribution in [1.29, 1.82) is 0 Å². The van der Waals surface area contributed by atoms with Gasteiger partial charge in [0.05, 0.1) is 45.7 Å². The summed E-state index contributed by atoms with van der Waals surface area (Å²) in [6.45, 7) is 14.6. The zero-order valence-electron chi connectivity index (χ0n) is 39.6. The van der Waals surface area contributed by atoms with E-state index in [-0.39, 0.29) is 90.2 Å². The molecule has 7 N–H and O–H groups in total. The van der Waals surface area contributed by atoms with Crippen molar-refractivity contribution in [3.05, 3.63) is 35.4 Å². The lowest BCUT2D eigenvalue weighted by molar-refractivity contribution is -0.160. The van der Waals surface area contributed by atoms with Crippen LogP contribution in [-0.4, -0.2) is 149 Å². The van der Waals surface area contributed by atoms with E-state index in [2.05, 4.69) is 26.6 Å².